The van der Waals surface area contributed by atoms with Gasteiger partial charge in [-0.05, 0) is 20.8 Å². The fourth-order valence-electron chi connectivity index (χ4n) is 1.96. The van der Waals surface area contributed by atoms with Gasteiger partial charge in [0.25, 0.3) is 0 Å². The molecule has 1 atom stereocenters. The predicted octanol–water partition coefficient (Wildman–Crippen LogP) is 0.688. The molecule has 1 rings (SSSR count). The fourth-order valence-corrected chi connectivity index (χ4v) is 1.96. The Morgan fingerprint density at radius 2 is 2.33 bits per heavy atom. The smallest absolute Gasteiger partial charge is 0.242 e. The van der Waals surface area contributed by atoms with Crippen molar-refractivity contribution in [2.24, 2.45) is 0 Å². The molecule has 84 valence electrons. The maximum absolute atomic E-state index is 11.6. The van der Waals surface area contributed by atoms with Crippen molar-refractivity contribution < 1.29 is 9.59 Å². The molecule has 1 aliphatic heterocycles. The number of amides is 2. The molecule has 2 amide bonds. The molecule has 15 heavy (non-hydrogen) atoms. The van der Waals surface area contributed by atoms with Gasteiger partial charge < -0.3 is 10.2 Å². The third-order valence-corrected chi connectivity index (χ3v) is 2.69. The molecular formula is C11H18N2O2. The minimum atomic E-state index is -0.402. The normalized spacial score (nSPS) is 20.5. The third-order valence-electron chi connectivity index (χ3n) is 2.69. The molecular weight excluding hydrogens is 192 g/mol. The highest BCUT2D eigenvalue weighted by molar-refractivity contribution is 5.92. The molecule has 0 radical (unpaired) electrons. The second-order valence-electron chi connectivity index (χ2n) is 4.46. The van der Waals surface area contributed by atoms with Gasteiger partial charge in [0.15, 0.2) is 0 Å². The van der Waals surface area contributed by atoms with Crippen LogP contribution >= 0.6 is 0 Å². The fraction of sp³-hybridized carbons (Fsp3) is 0.636. The number of hydrogen-bond acceptors (Lipinski definition) is 2. The summed E-state index contributed by atoms with van der Waals surface area (Å²) >= 11 is 0. The van der Waals surface area contributed by atoms with E-state index in [1.54, 1.807) is 17.9 Å². The van der Waals surface area contributed by atoms with E-state index >= 15 is 0 Å². The summed E-state index contributed by atoms with van der Waals surface area (Å²) in [6, 6.07) is -0.402. The Bertz CT molecular complexity index is 297. The summed E-state index contributed by atoms with van der Waals surface area (Å²) in [7, 11) is 0. The standard InChI is InChI=1S/C11H18N2O2/c1-5-6-12-10(15)8(2)13-9(14)7-11(13,3)4/h5,8H,1,6-7H2,2-4H3,(H,12,15). The molecule has 1 aliphatic rings. The lowest BCUT2D eigenvalue weighted by Gasteiger charge is -2.50. The zero-order valence-electron chi connectivity index (χ0n) is 9.54. The number of carbonyl (C=O) groups is 2. The van der Waals surface area contributed by atoms with Gasteiger partial charge in [0.05, 0.1) is 0 Å². The number of rotatable bonds is 4. The van der Waals surface area contributed by atoms with Crippen LogP contribution in [0.4, 0.5) is 0 Å². The van der Waals surface area contributed by atoms with Crippen LogP contribution in [0.5, 0.6) is 0 Å². The molecule has 1 N–H and O–H groups in total. The van der Waals surface area contributed by atoms with Crippen molar-refractivity contribution in [3.8, 4) is 0 Å². The van der Waals surface area contributed by atoms with E-state index in [0.29, 0.717) is 13.0 Å². The van der Waals surface area contributed by atoms with E-state index in [1.165, 1.54) is 0 Å². The SMILES string of the molecule is C=CCNC(=O)C(C)N1C(=O)CC1(C)C. The van der Waals surface area contributed by atoms with Crippen molar-refractivity contribution in [1.29, 1.82) is 0 Å². The van der Waals surface area contributed by atoms with Crippen LogP contribution in [-0.4, -0.2) is 34.8 Å². The molecule has 4 heteroatoms. The van der Waals surface area contributed by atoms with Crippen molar-refractivity contribution in [2.75, 3.05) is 6.54 Å². The van der Waals surface area contributed by atoms with Crippen LogP contribution in [0, 0.1) is 0 Å². The van der Waals surface area contributed by atoms with Crippen molar-refractivity contribution in [3.63, 3.8) is 0 Å². The molecule has 0 aromatic carbocycles. The van der Waals surface area contributed by atoms with E-state index in [9.17, 15) is 9.59 Å². The lowest BCUT2D eigenvalue weighted by molar-refractivity contribution is -0.162. The van der Waals surface area contributed by atoms with Gasteiger partial charge in [0, 0.05) is 18.5 Å². The van der Waals surface area contributed by atoms with Crippen LogP contribution in [0.2, 0.25) is 0 Å². The lowest BCUT2D eigenvalue weighted by atomic mass is 9.86. The van der Waals surface area contributed by atoms with Crippen LogP contribution in [0.25, 0.3) is 0 Å². The highest BCUT2D eigenvalue weighted by Gasteiger charge is 2.47. The molecule has 0 aromatic heterocycles. The number of nitrogens with one attached hydrogen (secondary N) is 1. The highest BCUT2D eigenvalue weighted by atomic mass is 16.2. The predicted molar refractivity (Wildman–Crippen MR) is 58.2 cm³/mol. The highest BCUT2D eigenvalue weighted by Crippen LogP contribution is 2.32. The molecule has 1 saturated heterocycles. The monoisotopic (exact) mass is 210 g/mol. The van der Waals surface area contributed by atoms with Crippen LogP contribution in [-0.2, 0) is 9.59 Å². The van der Waals surface area contributed by atoms with Gasteiger partial charge in [-0.1, -0.05) is 6.08 Å². The van der Waals surface area contributed by atoms with Crippen molar-refractivity contribution in [1.82, 2.24) is 10.2 Å². The quantitative estimate of drug-likeness (QED) is 0.548. The van der Waals surface area contributed by atoms with E-state index in [2.05, 4.69) is 11.9 Å². The molecule has 0 aliphatic carbocycles. The molecule has 0 saturated carbocycles. The van der Waals surface area contributed by atoms with Gasteiger partial charge in [-0.2, -0.15) is 0 Å². The van der Waals surface area contributed by atoms with E-state index in [-0.39, 0.29) is 17.4 Å². The maximum Gasteiger partial charge on any atom is 0.242 e. The summed E-state index contributed by atoms with van der Waals surface area (Å²) in [5.41, 5.74) is -0.192. The first-order valence-electron chi connectivity index (χ1n) is 5.11. The van der Waals surface area contributed by atoms with E-state index in [0.717, 1.165) is 0 Å². The van der Waals surface area contributed by atoms with Gasteiger partial charge >= 0.3 is 0 Å². The average molecular weight is 210 g/mol. The first-order chi connectivity index (χ1) is 6.90. The maximum atomic E-state index is 11.6. The number of likely N-dealkylation sites (tertiary alicyclic amines) is 1. The molecule has 4 nitrogen and oxygen atoms in total. The Labute approximate surface area is 90.3 Å². The zero-order chi connectivity index (χ0) is 11.6. The van der Waals surface area contributed by atoms with Crippen molar-refractivity contribution in [3.05, 3.63) is 12.7 Å². The second-order valence-corrected chi connectivity index (χ2v) is 4.46. The molecule has 1 heterocycles. The summed E-state index contributed by atoms with van der Waals surface area (Å²) in [5, 5.41) is 2.69. The Kier molecular flexibility index (Phi) is 3.17. The molecule has 0 bridgehead atoms. The van der Waals surface area contributed by atoms with Gasteiger partial charge in [0.2, 0.25) is 11.8 Å². The first kappa shape index (κ1) is 11.8. The summed E-state index contributed by atoms with van der Waals surface area (Å²) in [4.78, 5) is 24.6. The summed E-state index contributed by atoms with van der Waals surface area (Å²) < 4.78 is 0. The Hall–Kier alpha value is -1.32. The van der Waals surface area contributed by atoms with Crippen molar-refractivity contribution >= 4 is 11.8 Å². The number of carbonyl (C=O) groups excluding carboxylic acids is 2. The minimum absolute atomic E-state index is 0.0428. The Balaban J connectivity index is 2.59. The summed E-state index contributed by atoms with van der Waals surface area (Å²) in [6.45, 7) is 9.63. The third kappa shape index (κ3) is 2.19. The molecule has 0 spiro atoms. The summed E-state index contributed by atoms with van der Waals surface area (Å²) in [5.74, 6) is -0.0859. The summed E-state index contributed by atoms with van der Waals surface area (Å²) in [6.07, 6.45) is 2.14. The molecule has 1 unspecified atom stereocenters. The van der Waals surface area contributed by atoms with E-state index < -0.39 is 6.04 Å². The number of nitrogens with zero attached hydrogens (tertiary/aromatic N) is 1. The van der Waals surface area contributed by atoms with Crippen molar-refractivity contribution in [2.45, 2.75) is 38.8 Å². The number of β-lactam (4-membered cyclic amide) rings is 1. The van der Waals surface area contributed by atoms with Crippen LogP contribution < -0.4 is 5.32 Å². The molecule has 1 fully saturated rings. The van der Waals surface area contributed by atoms with E-state index in [4.69, 9.17) is 0 Å². The van der Waals surface area contributed by atoms with Crippen LogP contribution in [0.15, 0.2) is 12.7 Å². The topological polar surface area (TPSA) is 49.4 Å². The van der Waals surface area contributed by atoms with Gasteiger partial charge in [-0.3, -0.25) is 9.59 Å². The average Bonchev–Trinajstić information content (AvgIpc) is 2.12. The first-order valence-corrected chi connectivity index (χ1v) is 5.11. The van der Waals surface area contributed by atoms with E-state index in [1.807, 2.05) is 13.8 Å². The van der Waals surface area contributed by atoms with Gasteiger partial charge in [0.1, 0.15) is 6.04 Å². The molecule has 0 aromatic rings. The van der Waals surface area contributed by atoms with Crippen LogP contribution in [0.3, 0.4) is 0 Å². The minimum Gasteiger partial charge on any atom is -0.351 e. The second kappa shape index (κ2) is 4.04. The van der Waals surface area contributed by atoms with Gasteiger partial charge in [-0.15, -0.1) is 6.58 Å². The largest absolute Gasteiger partial charge is 0.351 e. The lowest BCUT2D eigenvalue weighted by Crippen LogP contribution is -2.66. The van der Waals surface area contributed by atoms with Gasteiger partial charge in [-0.25, -0.2) is 0 Å². The van der Waals surface area contributed by atoms with Crippen LogP contribution in [0.1, 0.15) is 27.2 Å². The Morgan fingerprint density at radius 3 is 2.73 bits per heavy atom. The number of hydrogen-bond donors (Lipinski definition) is 1. The zero-order valence-corrected chi connectivity index (χ0v) is 9.54. The Morgan fingerprint density at radius 1 is 1.73 bits per heavy atom.